The van der Waals surface area contributed by atoms with Gasteiger partial charge in [-0.1, -0.05) is 31.5 Å². The molecule has 134 valence electrons. The molecule has 0 amide bonds. The molecule has 0 saturated carbocycles. The fourth-order valence-corrected chi connectivity index (χ4v) is 3.39. The minimum absolute atomic E-state index is 0.0926. The van der Waals surface area contributed by atoms with E-state index in [4.69, 9.17) is 0 Å². The zero-order valence-electron chi connectivity index (χ0n) is 13.6. The van der Waals surface area contributed by atoms with E-state index in [0.29, 0.717) is 37.9 Å². The number of aliphatic carboxylic acids is 1. The number of rotatable bonds is 7. The zero-order chi connectivity index (χ0) is 17.7. The summed E-state index contributed by atoms with van der Waals surface area (Å²) in [5.74, 6) is -0.922. The van der Waals surface area contributed by atoms with Crippen molar-refractivity contribution in [2.45, 2.75) is 45.4 Å². The Labute approximate surface area is 139 Å². The van der Waals surface area contributed by atoms with Crippen molar-refractivity contribution in [3.63, 3.8) is 0 Å². The van der Waals surface area contributed by atoms with Gasteiger partial charge in [-0.05, 0) is 18.9 Å². The van der Waals surface area contributed by atoms with Crippen LogP contribution in [0.15, 0.2) is 24.3 Å². The molecule has 1 saturated heterocycles. The first-order valence-corrected chi connectivity index (χ1v) is 8.05. The molecule has 1 aliphatic heterocycles. The van der Waals surface area contributed by atoms with Gasteiger partial charge in [0.05, 0.1) is 6.10 Å². The Hall–Kier alpha value is -1.73. The number of carboxylic acid groups (broad SMARTS) is 1. The van der Waals surface area contributed by atoms with Crippen molar-refractivity contribution in [3.8, 4) is 5.75 Å². The van der Waals surface area contributed by atoms with Gasteiger partial charge in [0, 0.05) is 25.2 Å². The Balaban J connectivity index is 2.18. The molecule has 0 bridgehead atoms. The summed E-state index contributed by atoms with van der Waals surface area (Å²) in [5.41, 5.74) is -0.643. The van der Waals surface area contributed by atoms with Gasteiger partial charge in [0.15, 0.2) is 0 Å². The van der Waals surface area contributed by atoms with E-state index in [1.54, 1.807) is 18.2 Å². The van der Waals surface area contributed by atoms with Gasteiger partial charge in [0.1, 0.15) is 11.2 Å². The lowest BCUT2D eigenvalue weighted by Gasteiger charge is -2.43. The number of halogens is 2. The number of aliphatic hydroxyl groups excluding tert-OH is 1. The highest BCUT2D eigenvalue weighted by Crippen LogP contribution is 2.36. The molecule has 2 atom stereocenters. The molecule has 0 spiro atoms. The predicted octanol–water partition coefficient (Wildman–Crippen LogP) is 2.73. The number of piperidine rings is 1. The molecule has 7 heteroatoms. The first-order chi connectivity index (χ1) is 11.4. The normalized spacial score (nSPS) is 25.0. The van der Waals surface area contributed by atoms with Crippen LogP contribution in [0.3, 0.4) is 0 Å². The van der Waals surface area contributed by atoms with Crippen molar-refractivity contribution in [2.75, 3.05) is 13.1 Å². The van der Waals surface area contributed by atoms with Gasteiger partial charge in [0.25, 0.3) is 0 Å². The van der Waals surface area contributed by atoms with Crippen LogP contribution in [0, 0.1) is 5.41 Å². The standard InChI is InChI=1S/C17H23F2NO4/c1-2-8-17(15(22)23)11-20(9-7-14(17)21)10-12-5-3-4-6-13(12)24-16(18)19/h3-6,14,16,21H,2,7-11H2,1H3,(H,22,23)/t14-,17-/m1/s1. The summed E-state index contributed by atoms with van der Waals surface area (Å²) in [6, 6.07) is 6.49. The largest absolute Gasteiger partial charge is 0.481 e. The lowest BCUT2D eigenvalue weighted by atomic mass is 9.74. The Morgan fingerprint density at radius 3 is 2.79 bits per heavy atom. The third kappa shape index (κ3) is 4.02. The molecule has 0 aromatic heterocycles. The summed E-state index contributed by atoms with van der Waals surface area (Å²) in [4.78, 5) is 13.7. The highest BCUT2D eigenvalue weighted by Gasteiger charge is 2.48. The summed E-state index contributed by atoms with van der Waals surface area (Å²) >= 11 is 0. The molecule has 1 aromatic rings. The van der Waals surface area contributed by atoms with Crippen LogP contribution >= 0.6 is 0 Å². The van der Waals surface area contributed by atoms with Crippen molar-refractivity contribution >= 4 is 5.97 Å². The second-order valence-electron chi connectivity index (χ2n) is 6.21. The molecular formula is C17H23F2NO4. The molecule has 1 heterocycles. The summed E-state index contributed by atoms with van der Waals surface area (Å²) < 4.78 is 29.6. The molecule has 2 N–H and O–H groups in total. The Kier molecular flexibility index (Phi) is 6.12. The second-order valence-corrected chi connectivity index (χ2v) is 6.21. The van der Waals surface area contributed by atoms with Crippen LogP contribution in [-0.4, -0.2) is 46.9 Å². The second kappa shape index (κ2) is 7.90. The van der Waals surface area contributed by atoms with E-state index < -0.39 is 24.1 Å². The summed E-state index contributed by atoms with van der Waals surface area (Å²) in [6.07, 6.45) is 0.445. The number of aliphatic hydroxyl groups is 1. The average Bonchev–Trinajstić information content (AvgIpc) is 2.52. The Morgan fingerprint density at radius 1 is 1.46 bits per heavy atom. The molecule has 24 heavy (non-hydrogen) atoms. The summed E-state index contributed by atoms with van der Waals surface area (Å²) in [7, 11) is 0. The number of hydrogen-bond acceptors (Lipinski definition) is 4. The highest BCUT2D eigenvalue weighted by molar-refractivity contribution is 5.76. The summed E-state index contributed by atoms with van der Waals surface area (Å²) in [6.45, 7) is -0.0488. The zero-order valence-corrected chi connectivity index (χ0v) is 13.6. The van der Waals surface area contributed by atoms with Gasteiger partial charge >= 0.3 is 12.6 Å². The van der Waals surface area contributed by atoms with E-state index in [0.717, 1.165) is 0 Å². The average molecular weight is 343 g/mol. The van der Waals surface area contributed by atoms with Gasteiger partial charge in [0.2, 0.25) is 0 Å². The maximum atomic E-state index is 12.5. The maximum absolute atomic E-state index is 12.5. The van der Waals surface area contributed by atoms with E-state index in [1.807, 2.05) is 11.8 Å². The van der Waals surface area contributed by atoms with Crippen molar-refractivity contribution < 1.29 is 28.5 Å². The Morgan fingerprint density at radius 2 is 2.17 bits per heavy atom. The maximum Gasteiger partial charge on any atom is 0.387 e. The van der Waals surface area contributed by atoms with E-state index >= 15 is 0 Å². The number of benzene rings is 1. The minimum Gasteiger partial charge on any atom is -0.481 e. The third-order valence-corrected chi connectivity index (χ3v) is 4.57. The first kappa shape index (κ1) is 18.6. The van der Waals surface area contributed by atoms with Crippen molar-refractivity contribution in [1.82, 2.24) is 4.90 Å². The van der Waals surface area contributed by atoms with Crippen molar-refractivity contribution in [2.24, 2.45) is 5.41 Å². The van der Waals surface area contributed by atoms with Gasteiger partial charge in [-0.2, -0.15) is 8.78 Å². The molecular weight excluding hydrogens is 320 g/mol. The quantitative estimate of drug-likeness (QED) is 0.797. The molecule has 2 rings (SSSR count). The number of likely N-dealkylation sites (tertiary alicyclic amines) is 1. The SMILES string of the molecule is CCC[C@@]1(C(=O)O)CN(Cc2ccccc2OC(F)F)CC[C@H]1O. The number of alkyl halides is 2. The van der Waals surface area contributed by atoms with E-state index in [9.17, 15) is 23.8 Å². The number of ether oxygens (including phenoxy) is 1. The van der Waals surface area contributed by atoms with Crippen LogP contribution in [0.4, 0.5) is 8.78 Å². The molecule has 1 aromatic carbocycles. The topological polar surface area (TPSA) is 70.0 Å². The minimum atomic E-state index is -2.91. The van der Waals surface area contributed by atoms with Gasteiger partial charge in [-0.3, -0.25) is 9.69 Å². The number of carbonyl (C=O) groups is 1. The van der Waals surface area contributed by atoms with Crippen molar-refractivity contribution in [1.29, 1.82) is 0 Å². The highest BCUT2D eigenvalue weighted by atomic mass is 19.3. The number of nitrogens with zero attached hydrogens (tertiary/aromatic N) is 1. The number of hydrogen-bond donors (Lipinski definition) is 2. The van der Waals surface area contributed by atoms with Crippen LogP contribution in [0.5, 0.6) is 5.75 Å². The molecule has 0 unspecified atom stereocenters. The van der Waals surface area contributed by atoms with E-state index in [2.05, 4.69) is 4.74 Å². The van der Waals surface area contributed by atoms with Gasteiger partial charge in [-0.25, -0.2) is 0 Å². The Bertz CT molecular complexity index is 569. The fourth-order valence-electron chi connectivity index (χ4n) is 3.39. The van der Waals surface area contributed by atoms with Crippen molar-refractivity contribution in [3.05, 3.63) is 29.8 Å². The molecule has 1 fully saturated rings. The molecule has 0 radical (unpaired) electrons. The van der Waals surface area contributed by atoms with Crippen LogP contribution < -0.4 is 4.74 Å². The lowest BCUT2D eigenvalue weighted by Crippen LogP contribution is -2.55. The summed E-state index contributed by atoms with van der Waals surface area (Å²) in [5, 5.41) is 19.9. The third-order valence-electron chi connectivity index (χ3n) is 4.57. The van der Waals surface area contributed by atoms with Gasteiger partial charge in [-0.15, -0.1) is 0 Å². The van der Waals surface area contributed by atoms with E-state index in [-0.39, 0.29) is 12.3 Å². The monoisotopic (exact) mass is 343 g/mol. The number of carboxylic acids is 1. The molecule has 1 aliphatic rings. The van der Waals surface area contributed by atoms with Gasteiger partial charge < -0.3 is 14.9 Å². The predicted molar refractivity (Wildman–Crippen MR) is 84.0 cm³/mol. The fraction of sp³-hybridized carbons (Fsp3) is 0.588. The lowest BCUT2D eigenvalue weighted by molar-refractivity contribution is -0.164. The molecule has 5 nitrogen and oxygen atoms in total. The van der Waals surface area contributed by atoms with Crippen LogP contribution in [-0.2, 0) is 11.3 Å². The van der Waals surface area contributed by atoms with Crippen LogP contribution in [0.25, 0.3) is 0 Å². The van der Waals surface area contributed by atoms with E-state index in [1.165, 1.54) is 6.07 Å². The van der Waals surface area contributed by atoms with Crippen LogP contribution in [0.2, 0.25) is 0 Å². The smallest absolute Gasteiger partial charge is 0.387 e. The first-order valence-electron chi connectivity index (χ1n) is 8.05. The van der Waals surface area contributed by atoms with Crippen LogP contribution in [0.1, 0.15) is 31.7 Å². The number of para-hydroxylation sites is 1. The molecule has 0 aliphatic carbocycles.